The Bertz CT molecular complexity index is 398. The highest BCUT2D eigenvalue weighted by Crippen LogP contribution is 2.32. The molecule has 2 aliphatic heterocycles. The van der Waals surface area contributed by atoms with Crippen molar-refractivity contribution < 1.29 is 14.3 Å². The number of nitrogens with one attached hydrogen (secondary N) is 1. The predicted octanol–water partition coefficient (Wildman–Crippen LogP) is 1.71. The second-order valence-corrected chi connectivity index (χ2v) is 6.74. The van der Waals surface area contributed by atoms with E-state index in [1.807, 2.05) is 18.7 Å². The Balaban J connectivity index is 2.17. The molecule has 2 amide bonds. The Hall–Kier alpha value is -1.10. The molecule has 2 fully saturated rings. The molecule has 0 aromatic carbocycles. The maximum Gasteiger partial charge on any atom is 0.248 e. The molecule has 0 radical (unpaired) electrons. The lowest BCUT2D eigenvalue weighted by Gasteiger charge is -2.40. The minimum Gasteiger partial charge on any atom is -0.381 e. The molecule has 2 rings (SSSR count). The zero-order chi connectivity index (χ0) is 15.5. The first-order chi connectivity index (χ1) is 9.95. The molecule has 0 aliphatic carbocycles. The number of ether oxygens (including phenoxy) is 1. The van der Waals surface area contributed by atoms with Gasteiger partial charge in [0.05, 0.1) is 0 Å². The van der Waals surface area contributed by atoms with Gasteiger partial charge in [0.25, 0.3) is 0 Å². The average molecular weight is 296 g/mol. The Kier molecular flexibility index (Phi) is 4.91. The van der Waals surface area contributed by atoms with Crippen molar-refractivity contribution in [2.45, 2.75) is 58.4 Å². The second-order valence-electron chi connectivity index (χ2n) is 6.74. The highest BCUT2D eigenvalue weighted by Gasteiger charge is 2.43. The van der Waals surface area contributed by atoms with Gasteiger partial charge in [0.2, 0.25) is 11.8 Å². The van der Waals surface area contributed by atoms with Crippen molar-refractivity contribution in [2.75, 3.05) is 26.3 Å². The Morgan fingerprint density at radius 2 is 1.81 bits per heavy atom. The fourth-order valence-corrected chi connectivity index (χ4v) is 3.39. The van der Waals surface area contributed by atoms with Crippen LogP contribution in [0.15, 0.2) is 0 Å². The van der Waals surface area contributed by atoms with Gasteiger partial charge in [-0.1, -0.05) is 20.8 Å². The number of amides is 2. The summed E-state index contributed by atoms with van der Waals surface area (Å²) >= 11 is 0. The van der Waals surface area contributed by atoms with Crippen molar-refractivity contribution >= 4 is 11.8 Å². The molecule has 0 aromatic heterocycles. The Labute approximate surface area is 127 Å². The molecule has 0 atom stereocenters. The second kappa shape index (κ2) is 6.34. The van der Waals surface area contributed by atoms with E-state index in [2.05, 4.69) is 12.2 Å². The molecule has 2 heterocycles. The summed E-state index contributed by atoms with van der Waals surface area (Å²) < 4.78 is 5.44. The zero-order valence-corrected chi connectivity index (χ0v) is 13.5. The topological polar surface area (TPSA) is 58.6 Å². The molecule has 5 heteroatoms. The van der Waals surface area contributed by atoms with E-state index in [0.717, 1.165) is 32.6 Å². The molecular formula is C16H28N2O3. The fourth-order valence-electron chi connectivity index (χ4n) is 3.39. The SMILES string of the molecule is CCC1(CC)NC(=O)CCN(CC2(C)CCOCC2)C1=O. The molecule has 0 bridgehead atoms. The van der Waals surface area contributed by atoms with E-state index in [1.165, 1.54) is 0 Å². The lowest BCUT2D eigenvalue weighted by Crippen LogP contribution is -2.57. The molecule has 21 heavy (non-hydrogen) atoms. The monoisotopic (exact) mass is 296 g/mol. The van der Waals surface area contributed by atoms with Crippen LogP contribution in [-0.4, -0.2) is 48.6 Å². The van der Waals surface area contributed by atoms with Crippen molar-refractivity contribution in [3.05, 3.63) is 0 Å². The number of nitrogens with zero attached hydrogens (tertiary/aromatic N) is 1. The summed E-state index contributed by atoms with van der Waals surface area (Å²) in [5.74, 6) is 0.0812. The summed E-state index contributed by atoms with van der Waals surface area (Å²) in [5.41, 5.74) is -0.608. The molecule has 0 spiro atoms. The first kappa shape index (κ1) is 16.3. The maximum absolute atomic E-state index is 13.0. The lowest BCUT2D eigenvalue weighted by molar-refractivity contribution is -0.141. The summed E-state index contributed by atoms with van der Waals surface area (Å²) in [4.78, 5) is 26.9. The third-order valence-corrected chi connectivity index (χ3v) is 5.16. The van der Waals surface area contributed by atoms with Crippen molar-refractivity contribution in [1.82, 2.24) is 10.2 Å². The van der Waals surface area contributed by atoms with Gasteiger partial charge in [0.15, 0.2) is 0 Å². The van der Waals surface area contributed by atoms with E-state index >= 15 is 0 Å². The summed E-state index contributed by atoms with van der Waals surface area (Å²) in [5, 5.41) is 2.97. The third-order valence-electron chi connectivity index (χ3n) is 5.16. The van der Waals surface area contributed by atoms with Crippen LogP contribution in [0.1, 0.15) is 52.9 Å². The zero-order valence-electron chi connectivity index (χ0n) is 13.5. The lowest BCUT2D eigenvalue weighted by atomic mass is 9.81. The van der Waals surface area contributed by atoms with E-state index in [1.54, 1.807) is 0 Å². The van der Waals surface area contributed by atoms with Crippen LogP contribution in [0.5, 0.6) is 0 Å². The van der Waals surface area contributed by atoms with Crippen LogP contribution < -0.4 is 5.32 Å². The summed E-state index contributed by atoms with van der Waals surface area (Å²) in [7, 11) is 0. The number of hydrogen-bond acceptors (Lipinski definition) is 3. The van der Waals surface area contributed by atoms with Crippen molar-refractivity contribution in [1.29, 1.82) is 0 Å². The van der Waals surface area contributed by atoms with Crippen LogP contribution in [0, 0.1) is 5.41 Å². The average Bonchev–Trinajstić information content (AvgIpc) is 2.59. The minimum absolute atomic E-state index is 0.00770. The van der Waals surface area contributed by atoms with E-state index in [4.69, 9.17) is 4.74 Å². The van der Waals surface area contributed by atoms with Gasteiger partial charge in [0, 0.05) is 32.7 Å². The van der Waals surface area contributed by atoms with E-state index < -0.39 is 5.54 Å². The molecule has 0 saturated carbocycles. The highest BCUT2D eigenvalue weighted by atomic mass is 16.5. The Morgan fingerprint density at radius 1 is 1.19 bits per heavy atom. The van der Waals surface area contributed by atoms with Gasteiger partial charge in [-0.15, -0.1) is 0 Å². The summed E-state index contributed by atoms with van der Waals surface area (Å²) in [6.07, 6.45) is 3.64. The minimum atomic E-state index is -0.713. The number of hydrogen-bond donors (Lipinski definition) is 1. The normalized spacial score (nSPS) is 25.4. The van der Waals surface area contributed by atoms with Crippen LogP contribution in [0.25, 0.3) is 0 Å². The third kappa shape index (κ3) is 3.39. The quantitative estimate of drug-likeness (QED) is 0.859. The van der Waals surface area contributed by atoms with Crippen molar-refractivity contribution in [3.63, 3.8) is 0 Å². The molecule has 0 unspecified atom stereocenters. The van der Waals surface area contributed by atoms with Gasteiger partial charge < -0.3 is 15.0 Å². The fraction of sp³-hybridized carbons (Fsp3) is 0.875. The first-order valence-electron chi connectivity index (χ1n) is 8.13. The van der Waals surface area contributed by atoms with Gasteiger partial charge in [-0.2, -0.15) is 0 Å². The van der Waals surface area contributed by atoms with Gasteiger partial charge in [0.1, 0.15) is 5.54 Å². The van der Waals surface area contributed by atoms with E-state index in [-0.39, 0.29) is 17.2 Å². The summed E-state index contributed by atoms with van der Waals surface area (Å²) in [6.45, 7) is 8.96. The maximum atomic E-state index is 13.0. The van der Waals surface area contributed by atoms with Crippen LogP contribution in [-0.2, 0) is 14.3 Å². The molecule has 2 aliphatic rings. The van der Waals surface area contributed by atoms with Gasteiger partial charge in [-0.25, -0.2) is 0 Å². The molecular weight excluding hydrogens is 268 g/mol. The van der Waals surface area contributed by atoms with E-state index in [9.17, 15) is 9.59 Å². The number of rotatable bonds is 4. The number of carbonyl (C=O) groups excluding carboxylic acids is 2. The largest absolute Gasteiger partial charge is 0.381 e. The van der Waals surface area contributed by atoms with Crippen LogP contribution >= 0.6 is 0 Å². The summed E-state index contributed by atoms with van der Waals surface area (Å²) in [6, 6.07) is 0. The molecule has 0 aromatic rings. The van der Waals surface area contributed by atoms with Crippen molar-refractivity contribution in [2.24, 2.45) is 5.41 Å². The van der Waals surface area contributed by atoms with Crippen LogP contribution in [0.2, 0.25) is 0 Å². The Morgan fingerprint density at radius 3 is 2.38 bits per heavy atom. The van der Waals surface area contributed by atoms with Gasteiger partial charge in [-0.05, 0) is 31.1 Å². The van der Waals surface area contributed by atoms with Crippen molar-refractivity contribution in [3.8, 4) is 0 Å². The molecule has 120 valence electrons. The van der Waals surface area contributed by atoms with Gasteiger partial charge in [-0.3, -0.25) is 9.59 Å². The smallest absolute Gasteiger partial charge is 0.248 e. The molecule has 5 nitrogen and oxygen atoms in total. The highest BCUT2D eigenvalue weighted by molar-refractivity contribution is 5.93. The van der Waals surface area contributed by atoms with E-state index in [0.29, 0.717) is 25.8 Å². The van der Waals surface area contributed by atoms with Crippen LogP contribution in [0.3, 0.4) is 0 Å². The number of carbonyl (C=O) groups is 2. The van der Waals surface area contributed by atoms with Crippen LogP contribution in [0.4, 0.5) is 0 Å². The first-order valence-corrected chi connectivity index (χ1v) is 8.13. The predicted molar refractivity (Wildman–Crippen MR) is 80.8 cm³/mol. The van der Waals surface area contributed by atoms with Gasteiger partial charge >= 0.3 is 0 Å². The molecule has 2 saturated heterocycles. The molecule has 1 N–H and O–H groups in total. The standard InChI is InChI=1S/C16H28N2O3/c1-4-16(5-2)14(20)18(9-6-13(19)17-16)12-15(3)7-10-21-11-8-15/h4-12H2,1-3H3,(H,17,19).